The Labute approximate surface area is 165 Å². The van der Waals surface area contributed by atoms with E-state index < -0.39 is 6.04 Å². The molecule has 0 aliphatic rings. The van der Waals surface area contributed by atoms with Crippen molar-refractivity contribution in [3.63, 3.8) is 0 Å². The van der Waals surface area contributed by atoms with Crippen LogP contribution in [-0.2, 0) is 21.9 Å². The minimum atomic E-state index is -0.524. The lowest BCUT2D eigenvalue weighted by Gasteiger charge is -2.28. The molecule has 5 nitrogen and oxygen atoms in total. The third kappa shape index (κ3) is 6.32. The topological polar surface area (TPSA) is 58.6 Å². The number of ether oxygens (including phenoxy) is 1. The van der Waals surface area contributed by atoms with Gasteiger partial charge in [0, 0.05) is 19.3 Å². The molecule has 0 spiro atoms. The minimum absolute atomic E-state index is 0.0477. The van der Waals surface area contributed by atoms with E-state index in [1.807, 2.05) is 54.6 Å². The predicted molar refractivity (Wildman–Crippen MR) is 110 cm³/mol. The second-order valence-electron chi connectivity index (χ2n) is 6.14. The van der Waals surface area contributed by atoms with Crippen molar-refractivity contribution in [3.05, 3.63) is 65.7 Å². The van der Waals surface area contributed by atoms with Crippen molar-refractivity contribution >= 4 is 23.6 Å². The van der Waals surface area contributed by atoms with Gasteiger partial charge in [-0.2, -0.15) is 0 Å². The van der Waals surface area contributed by atoms with E-state index in [9.17, 15) is 9.59 Å². The SMILES string of the molecule is CNC(=O)[C@@H](C)N(Cc1ccccc1)C(=O)CSCc1ccc(OC)cc1. The first-order valence-electron chi connectivity index (χ1n) is 8.80. The Morgan fingerprint density at radius 2 is 1.74 bits per heavy atom. The maximum absolute atomic E-state index is 12.8. The molecule has 0 fully saturated rings. The number of methoxy groups -OCH3 is 1. The third-order valence-electron chi connectivity index (χ3n) is 4.26. The summed E-state index contributed by atoms with van der Waals surface area (Å²) in [6, 6.07) is 17.0. The summed E-state index contributed by atoms with van der Waals surface area (Å²) in [5, 5.41) is 2.63. The zero-order valence-corrected chi connectivity index (χ0v) is 16.8. The Balaban J connectivity index is 1.98. The molecule has 1 atom stereocenters. The molecule has 6 heteroatoms. The van der Waals surface area contributed by atoms with Gasteiger partial charge in [-0.1, -0.05) is 42.5 Å². The number of carbonyl (C=O) groups excluding carboxylic acids is 2. The number of thioether (sulfide) groups is 1. The number of rotatable bonds is 9. The van der Waals surface area contributed by atoms with E-state index in [0.29, 0.717) is 12.3 Å². The first kappa shape index (κ1) is 20.8. The quantitative estimate of drug-likeness (QED) is 0.719. The molecule has 1 N–H and O–H groups in total. The van der Waals surface area contributed by atoms with Crippen LogP contribution in [0.1, 0.15) is 18.1 Å². The third-order valence-corrected chi connectivity index (χ3v) is 5.25. The van der Waals surface area contributed by atoms with Crippen molar-refractivity contribution in [2.45, 2.75) is 25.3 Å². The minimum Gasteiger partial charge on any atom is -0.497 e. The summed E-state index contributed by atoms with van der Waals surface area (Å²) in [6.07, 6.45) is 0. The molecule has 2 aromatic rings. The van der Waals surface area contributed by atoms with Crippen molar-refractivity contribution in [1.29, 1.82) is 0 Å². The maximum atomic E-state index is 12.8. The van der Waals surface area contributed by atoms with Crippen molar-refractivity contribution in [2.75, 3.05) is 19.9 Å². The summed E-state index contributed by atoms with van der Waals surface area (Å²) in [6.45, 7) is 2.17. The molecule has 0 radical (unpaired) electrons. The number of nitrogens with zero attached hydrogens (tertiary/aromatic N) is 1. The van der Waals surface area contributed by atoms with E-state index in [-0.39, 0.29) is 11.8 Å². The number of likely N-dealkylation sites (N-methyl/N-ethyl adjacent to an activating group) is 1. The second kappa shape index (κ2) is 10.6. The first-order valence-corrected chi connectivity index (χ1v) is 9.96. The van der Waals surface area contributed by atoms with Crippen LogP contribution < -0.4 is 10.1 Å². The summed E-state index contributed by atoms with van der Waals surface area (Å²) >= 11 is 1.54. The zero-order chi connectivity index (χ0) is 19.6. The second-order valence-corrected chi connectivity index (χ2v) is 7.12. The van der Waals surface area contributed by atoms with Crippen LogP contribution in [-0.4, -0.2) is 42.7 Å². The molecule has 0 aliphatic carbocycles. The molecule has 2 amide bonds. The van der Waals surface area contributed by atoms with Gasteiger partial charge in [0.1, 0.15) is 11.8 Å². The Hall–Kier alpha value is -2.47. The van der Waals surface area contributed by atoms with Crippen LogP contribution in [0.5, 0.6) is 5.75 Å². The number of nitrogens with one attached hydrogen (secondary N) is 1. The number of hydrogen-bond acceptors (Lipinski definition) is 4. The molecule has 0 aliphatic heterocycles. The van der Waals surface area contributed by atoms with Gasteiger partial charge in [0.05, 0.1) is 12.9 Å². The molecule has 0 heterocycles. The van der Waals surface area contributed by atoms with Crippen LogP contribution in [0.4, 0.5) is 0 Å². The first-order chi connectivity index (χ1) is 13.0. The smallest absolute Gasteiger partial charge is 0.242 e. The number of carbonyl (C=O) groups is 2. The van der Waals surface area contributed by atoms with E-state index in [0.717, 1.165) is 22.6 Å². The van der Waals surface area contributed by atoms with E-state index in [1.54, 1.807) is 26.0 Å². The molecular weight excluding hydrogens is 360 g/mol. The van der Waals surface area contributed by atoms with Crippen LogP contribution in [0.25, 0.3) is 0 Å². The largest absolute Gasteiger partial charge is 0.497 e. The summed E-state index contributed by atoms with van der Waals surface area (Å²) in [5.41, 5.74) is 2.13. The highest BCUT2D eigenvalue weighted by molar-refractivity contribution is 7.99. The van der Waals surface area contributed by atoms with E-state index >= 15 is 0 Å². The lowest BCUT2D eigenvalue weighted by atomic mass is 10.1. The summed E-state index contributed by atoms with van der Waals surface area (Å²) < 4.78 is 5.15. The Kier molecular flexibility index (Phi) is 8.20. The molecule has 0 bridgehead atoms. The average Bonchev–Trinajstić information content (AvgIpc) is 2.72. The van der Waals surface area contributed by atoms with Crippen LogP contribution in [0, 0.1) is 0 Å². The zero-order valence-electron chi connectivity index (χ0n) is 16.0. The molecule has 27 heavy (non-hydrogen) atoms. The van der Waals surface area contributed by atoms with Crippen molar-refractivity contribution in [3.8, 4) is 5.75 Å². The van der Waals surface area contributed by atoms with Gasteiger partial charge >= 0.3 is 0 Å². The van der Waals surface area contributed by atoms with Crippen LogP contribution in [0.3, 0.4) is 0 Å². The molecule has 144 valence electrons. The monoisotopic (exact) mass is 386 g/mol. The molecule has 0 unspecified atom stereocenters. The highest BCUT2D eigenvalue weighted by Gasteiger charge is 2.25. The number of amides is 2. The fourth-order valence-corrected chi connectivity index (χ4v) is 3.50. The van der Waals surface area contributed by atoms with Gasteiger partial charge < -0.3 is 15.0 Å². The van der Waals surface area contributed by atoms with Crippen molar-refractivity contribution in [1.82, 2.24) is 10.2 Å². The summed E-state index contributed by atoms with van der Waals surface area (Å²) in [5.74, 6) is 1.64. The standard InChI is InChI=1S/C21H26N2O3S/c1-16(21(25)22-2)23(13-17-7-5-4-6-8-17)20(24)15-27-14-18-9-11-19(26-3)12-10-18/h4-12,16H,13-15H2,1-3H3,(H,22,25)/t16-/m1/s1. The fraction of sp³-hybridized carbons (Fsp3) is 0.333. The highest BCUT2D eigenvalue weighted by Crippen LogP contribution is 2.18. The van der Waals surface area contributed by atoms with Gasteiger partial charge in [0.15, 0.2) is 0 Å². The summed E-state index contributed by atoms with van der Waals surface area (Å²) in [4.78, 5) is 26.5. The predicted octanol–water partition coefficient (Wildman–Crippen LogP) is 3.09. The van der Waals surface area contributed by atoms with Gasteiger partial charge in [-0.25, -0.2) is 0 Å². The van der Waals surface area contributed by atoms with Crippen LogP contribution >= 0.6 is 11.8 Å². The molecule has 2 rings (SSSR count). The lowest BCUT2D eigenvalue weighted by molar-refractivity contribution is -0.138. The Morgan fingerprint density at radius 1 is 1.07 bits per heavy atom. The van der Waals surface area contributed by atoms with Crippen molar-refractivity contribution in [2.24, 2.45) is 0 Å². The fourth-order valence-electron chi connectivity index (χ4n) is 2.63. The van der Waals surface area contributed by atoms with Gasteiger partial charge in [0.25, 0.3) is 0 Å². The van der Waals surface area contributed by atoms with Crippen LogP contribution in [0.2, 0.25) is 0 Å². The van der Waals surface area contributed by atoms with Gasteiger partial charge in [-0.15, -0.1) is 11.8 Å². The molecule has 0 saturated heterocycles. The van der Waals surface area contributed by atoms with Crippen LogP contribution in [0.15, 0.2) is 54.6 Å². The van der Waals surface area contributed by atoms with Gasteiger partial charge in [0.2, 0.25) is 11.8 Å². The molecule has 0 saturated carbocycles. The molecular formula is C21H26N2O3S. The van der Waals surface area contributed by atoms with Crippen molar-refractivity contribution < 1.29 is 14.3 Å². The Morgan fingerprint density at radius 3 is 2.33 bits per heavy atom. The van der Waals surface area contributed by atoms with E-state index in [2.05, 4.69) is 5.32 Å². The normalized spacial score (nSPS) is 11.5. The average molecular weight is 387 g/mol. The number of hydrogen-bond donors (Lipinski definition) is 1. The molecule has 0 aromatic heterocycles. The Bertz CT molecular complexity index is 735. The van der Waals surface area contributed by atoms with E-state index in [1.165, 1.54) is 11.8 Å². The van der Waals surface area contributed by atoms with Gasteiger partial charge in [-0.05, 0) is 30.2 Å². The highest BCUT2D eigenvalue weighted by atomic mass is 32.2. The maximum Gasteiger partial charge on any atom is 0.242 e. The van der Waals surface area contributed by atoms with Gasteiger partial charge in [-0.3, -0.25) is 9.59 Å². The summed E-state index contributed by atoms with van der Waals surface area (Å²) in [7, 11) is 3.22. The van der Waals surface area contributed by atoms with E-state index in [4.69, 9.17) is 4.74 Å². The number of benzene rings is 2. The molecule has 2 aromatic carbocycles. The lowest BCUT2D eigenvalue weighted by Crippen LogP contribution is -2.47.